The van der Waals surface area contributed by atoms with Crippen LogP contribution in [0.2, 0.25) is 0 Å². The van der Waals surface area contributed by atoms with Crippen LogP contribution >= 0.6 is 0 Å². The van der Waals surface area contributed by atoms with E-state index in [0.717, 1.165) is 63.7 Å². The number of hydrogen-bond donors (Lipinski definition) is 0. The van der Waals surface area contributed by atoms with Crippen molar-refractivity contribution < 1.29 is 9.18 Å². The second-order valence-electron chi connectivity index (χ2n) is 8.96. The number of carbonyl (C=O) groups excluding carboxylic acids is 1. The van der Waals surface area contributed by atoms with Gasteiger partial charge < -0.3 is 4.90 Å². The van der Waals surface area contributed by atoms with E-state index in [9.17, 15) is 9.18 Å². The molecule has 1 heterocycles. The Morgan fingerprint density at radius 1 is 1.16 bits per heavy atom. The minimum absolute atomic E-state index is 0.0833. The lowest BCUT2D eigenvalue weighted by Gasteiger charge is -2.47. The van der Waals surface area contributed by atoms with Crippen LogP contribution < -0.4 is 4.90 Å². The monoisotopic (exact) mass is 419 g/mol. The van der Waals surface area contributed by atoms with E-state index in [0.29, 0.717) is 5.69 Å². The summed E-state index contributed by atoms with van der Waals surface area (Å²) in [5, 5.41) is 9.14. The number of fused-ring (bicyclic) bond motifs is 1. The third kappa shape index (κ3) is 4.50. The van der Waals surface area contributed by atoms with E-state index >= 15 is 0 Å². The van der Waals surface area contributed by atoms with Crippen LogP contribution in [-0.4, -0.2) is 29.4 Å². The Hall–Kier alpha value is -2.71. The molecule has 2 aromatic carbocycles. The lowest BCUT2D eigenvalue weighted by molar-refractivity contribution is -0.118. The standard InChI is InChI=1S/C26H30FN3O/c1-20(31)30(25-8-4-3-7-24(25)27)26(12-5-2-6-13-26)14-16-29-15-11-22-17-21(18-28)9-10-23(22)19-29/h3-4,7-10,17H,2,5-6,11-16,19H2,1H3. The van der Waals surface area contributed by atoms with Gasteiger partial charge in [0.1, 0.15) is 5.82 Å². The third-order valence-electron chi connectivity index (χ3n) is 6.99. The molecular formula is C26H30FN3O. The largest absolute Gasteiger partial charge is 0.304 e. The highest BCUT2D eigenvalue weighted by molar-refractivity contribution is 5.93. The van der Waals surface area contributed by atoms with Crippen LogP contribution in [0.25, 0.3) is 0 Å². The van der Waals surface area contributed by atoms with Gasteiger partial charge in [-0.3, -0.25) is 9.69 Å². The van der Waals surface area contributed by atoms with Gasteiger partial charge in [0.15, 0.2) is 0 Å². The summed E-state index contributed by atoms with van der Waals surface area (Å²) < 4.78 is 14.7. The summed E-state index contributed by atoms with van der Waals surface area (Å²) in [6, 6.07) is 14.8. The van der Waals surface area contributed by atoms with E-state index in [1.165, 1.54) is 23.6 Å². The molecule has 1 fully saturated rings. The van der Waals surface area contributed by atoms with E-state index in [-0.39, 0.29) is 17.3 Å². The molecule has 31 heavy (non-hydrogen) atoms. The van der Waals surface area contributed by atoms with Crippen molar-refractivity contribution in [3.63, 3.8) is 0 Å². The van der Waals surface area contributed by atoms with Gasteiger partial charge in [-0.05, 0) is 61.1 Å². The van der Waals surface area contributed by atoms with Crippen LogP contribution in [0.4, 0.5) is 10.1 Å². The summed E-state index contributed by atoms with van der Waals surface area (Å²) in [5.74, 6) is -0.414. The van der Waals surface area contributed by atoms with Crippen LogP contribution in [0.5, 0.6) is 0 Å². The zero-order chi connectivity index (χ0) is 21.8. The van der Waals surface area contributed by atoms with Crippen molar-refractivity contribution in [1.29, 1.82) is 5.26 Å². The van der Waals surface area contributed by atoms with E-state index in [2.05, 4.69) is 17.0 Å². The topological polar surface area (TPSA) is 47.3 Å². The molecule has 1 amide bonds. The summed E-state index contributed by atoms with van der Waals surface area (Å²) in [4.78, 5) is 17.0. The van der Waals surface area contributed by atoms with E-state index in [1.807, 2.05) is 18.2 Å². The van der Waals surface area contributed by atoms with Crippen molar-refractivity contribution in [2.24, 2.45) is 0 Å². The smallest absolute Gasteiger partial charge is 0.224 e. The summed E-state index contributed by atoms with van der Waals surface area (Å²) in [5.41, 5.74) is 3.33. The molecule has 0 N–H and O–H groups in total. The molecule has 1 saturated carbocycles. The zero-order valence-corrected chi connectivity index (χ0v) is 18.2. The first-order valence-corrected chi connectivity index (χ1v) is 11.3. The van der Waals surface area contributed by atoms with E-state index in [4.69, 9.17) is 5.26 Å². The molecule has 0 bridgehead atoms. The fourth-order valence-corrected chi connectivity index (χ4v) is 5.43. The molecule has 1 aliphatic carbocycles. The molecule has 0 spiro atoms. The summed E-state index contributed by atoms with van der Waals surface area (Å²) in [7, 11) is 0. The highest BCUT2D eigenvalue weighted by Gasteiger charge is 2.41. The third-order valence-corrected chi connectivity index (χ3v) is 6.99. The number of nitriles is 1. The van der Waals surface area contributed by atoms with Crippen LogP contribution in [0.1, 0.15) is 62.1 Å². The lowest BCUT2D eigenvalue weighted by Crippen LogP contribution is -2.54. The van der Waals surface area contributed by atoms with Gasteiger partial charge in [0, 0.05) is 32.1 Å². The number of rotatable bonds is 5. The Labute approximate surface area is 184 Å². The maximum Gasteiger partial charge on any atom is 0.224 e. The highest BCUT2D eigenvalue weighted by atomic mass is 19.1. The number of carbonyl (C=O) groups is 1. The molecule has 0 unspecified atom stereocenters. The molecule has 2 aromatic rings. The van der Waals surface area contributed by atoms with E-state index in [1.54, 1.807) is 24.0 Å². The van der Waals surface area contributed by atoms with Crippen LogP contribution in [0.15, 0.2) is 42.5 Å². The molecule has 0 saturated heterocycles. The summed E-state index contributed by atoms with van der Waals surface area (Å²) in [6.07, 6.45) is 6.90. The molecule has 2 aliphatic rings. The predicted molar refractivity (Wildman–Crippen MR) is 120 cm³/mol. The SMILES string of the molecule is CC(=O)N(c1ccccc1F)C1(CCN2CCc3cc(C#N)ccc3C2)CCCCC1. The lowest BCUT2D eigenvalue weighted by atomic mass is 9.77. The average Bonchev–Trinajstić information content (AvgIpc) is 2.79. The van der Waals surface area contributed by atoms with Crippen LogP contribution in [0.3, 0.4) is 0 Å². The molecule has 4 nitrogen and oxygen atoms in total. The van der Waals surface area contributed by atoms with Crippen molar-refractivity contribution in [2.45, 2.75) is 64.0 Å². The number of anilines is 1. The van der Waals surface area contributed by atoms with Gasteiger partial charge in [-0.25, -0.2) is 4.39 Å². The first-order chi connectivity index (χ1) is 15.0. The summed E-state index contributed by atoms with van der Waals surface area (Å²) >= 11 is 0. The zero-order valence-electron chi connectivity index (χ0n) is 18.2. The fourth-order valence-electron chi connectivity index (χ4n) is 5.43. The number of nitrogens with zero attached hydrogens (tertiary/aromatic N) is 3. The minimum Gasteiger partial charge on any atom is -0.304 e. The molecule has 4 rings (SSSR count). The average molecular weight is 420 g/mol. The van der Waals surface area contributed by atoms with Gasteiger partial charge in [0.05, 0.1) is 17.3 Å². The second kappa shape index (κ2) is 9.20. The van der Waals surface area contributed by atoms with Gasteiger partial charge in [-0.15, -0.1) is 0 Å². The highest BCUT2D eigenvalue weighted by Crippen LogP contribution is 2.40. The Kier molecular flexibility index (Phi) is 6.38. The number of hydrogen-bond acceptors (Lipinski definition) is 3. The van der Waals surface area contributed by atoms with Crippen molar-refractivity contribution in [3.05, 3.63) is 65.0 Å². The first-order valence-electron chi connectivity index (χ1n) is 11.3. The van der Waals surface area contributed by atoms with Gasteiger partial charge in [-0.2, -0.15) is 5.26 Å². The molecule has 0 radical (unpaired) electrons. The van der Waals surface area contributed by atoms with Gasteiger partial charge in [0.2, 0.25) is 5.91 Å². The molecule has 0 atom stereocenters. The predicted octanol–water partition coefficient (Wildman–Crippen LogP) is 5.20. The molecule has 0 aromatic heterocycles. The van der Waals surface area contributed by atoms with E-state index < -0.39 is 0 Å². The Balaban J connectivity index is 1.55. The Morgan fingerprint density at radius 3 is 2.65 bits per heavy atom. The first kappa shape index (κ1) is 21.5. The minimum atomic E-state index is -0.336. The number of para-hydroxylation sites is 1. The molecule has 1 aliphatic heterocycles. The molecular weight excluding hydrogens is 389 g/mol. The second-order valence-corrected chi connectivity index (χ2v) is 8.96. The van der Waals surface area contributed by atoms with Crippen molar-refractivity contribution in [3.8, 4) is 6.07 Å². The van der Waals surface area contributed by atoms with Gasteiger partial charge in [0.25, 0.3) is 0 Å². The van der Waals surface area contributed by atoms with Gasteiger partial charge in [-0.1, -0.05) is 37.5 Å². The van der Waals surface area contributed by atoms with Crippen LogP contribution in [0, 0.1) is 17.1 Å². The number of halogens is 1. The van der Waals surface area contributed by atoms with Crippen LogP contribution in [-0.2, 0) is 17.8 Å². The molecule has 5 heteroatoms. The number of amides is 1. The van der Waals surface area contributed by atoms with Crippen molar-refractivity contribution in [2.75, 3.05) is 18.0 Å². The molecule has 162 valence electrons. The normalized spacial score (nSPS) is 18.1. The summed E-state index contributed by atoms with van der Waals surface area (Å²) in [6.45, 7) is 4.24. The van der Waals surface area contributed by atoms with Crippen molar-refractivity contribution >= 4 is 11.6 Å². The Morgan fingerprint density at radius 2 is 1.94 bits per heavy atom. The quantitative estimate of drug-likeness (QED) is 0.669. The maximum absolute atomic E-state index is 14.7. The van der Waals surface area contributed by atoms with Gasteiger partial charge >= 0.3 is 0 Å². The number of benzene rings is 2. The maximum atomic E-state index is 14.7. The van der Waals surface area contributed by atoms with Crippen molar-refractivity contribution in [1.82, 2.24) is 4.90 Å². The fraction of sp³-hybridized carbons (Fsp3) is 0.462. The Bertz CT molecular complexity index is 990.